The summed E-state index contributed by atoms with van der Waals surface area (Å²) in [4.78, 5) is 22.4. The highest BCUT2D eigenvalue weighted by Gasteiger charge is 2.42. The topological polar surface area (TPSA) is 67.4 Å². The quantitative estimate of drug-likeness (QED) is 0.679. The van der Waals surface area contributed by atoms with Crippen LogP contribution >= 0.6 is 11.6 Å². The van der Waals surface area contributed by atoms with Crippen molar-refractivity contribution in [2.24, 2.45) is 5.41 Å². The van der Waals surface area contributed by atoms with E-state index in [1.54, 1.807) is 7.11 Å². The van der Waals surface area contributed by atoms with Crippen LogP contribution in [0.5, 0.6) is 0 Å². The summed E-state index contributed by atoms with van der Waals surface area (Å²) in [5.74, 6) is -0.129. The highest BCUT2D eigenvalue weighted by molar-refractivity contribution is 6.19. The van der Waals surface area contributed by atoms with Gasteiger partial charge in [-0.3, -0.25) is 10.1 Å². The summed E-state index contributed by atoms with van der Waals surface area (Å²) in [5, 5.41) is 4.95. The summed E-state index contributed by atoms with van der Waals surface area (Å²) in [7, 11) is 1.67. The van der Waals surface area contributed by atoms with E-state index in [4.69, 9.17) is 16.3 Å². The number of ether oxygens (including phenoxy) is 1. The summed E-state index contributed by atoms with van der Waals surface area (Å²) in [5.41, 5.74) is 0.183. The van der Waals surface area contributed by atoms with E-state index in [2.05, 4.69) is 10.6 Å². The number of amides is 3. The number of methoxy groups -OCH3 is 1. The van der Waals surface area contributed by atoms with E-state index in [-0.39, 0.29) is 23.6 Å². The number of urea groups is 1. The minimum atomic E-state index is -0.441. The monoisotopic (exact) mass is 262 g/mol. The largest absolute Gasteiger partial charge is 0.385 e. The number of halogens is 1. The zero-order valence-corrected chi connectivity index (χ0v) is 10.8. The molecule has 1 aliphatic rings. The van der Waals surface area contributed by atoms with Gasteiger partial charge in [-0.25, -0.2) is 4.79 Å². The van der Waals surface area contributed by atoms with Crippen LogP contribution in [0, 0.1) is 5.41 Å². The smallest absolute Gasteiger partial charge is 0.321 e. The predicted octanol–water partition coefficient (Wildman–Crippen LogP) is 1.26. The highest BCUT2D eigenvalue weighted by atomic mass is 35.5. The summed E-state index contributed by atoms with van der Waals surface area (Å²) >= 11 is 5.39. The van der Waals surface area contributed by atoms with Crippen molar-refractivity contribution in [3.63, 3.8) is 0 Å². The SMILES string of the molecule is COCCC1(CNC(=O)NC(=O)CCCl)CC1. The van der Waals surface area contributed by atoms with Crippen LogP contribution < -0.4 is 10.6 Å². The molecule has 0 radical (unpaired) electrons. The zero-order valence-electron chi connectivity index (χ0n) is 10.1. The maximum atomic E-state index is 11.4. The molecule has 0 bridgehead atoms. The van der Waals surface area contributed by atoms with Crippen molar-refractivity contribution in [1.82, 2.24) is 10.6 Å². The van der Waals surface area contributed by atoms with Crippen molar-refractivity contribution < 1.29 is 14.3 Å². The van der Waals surface area contributed by atoms with Gasteiger partial charge in [0.25, 0.3) is 0 Å². The van der Waals surface area contributed by atoms with Gasteiger partial charge in [-0.15, -0.1) is 11.6 Å². The summed E-state index contributed by atoms with van der Waals surface area (Å²) < 4.78 is 5.02. The molecule has 0 heterocycles. The number of alkyl halides is 1. The molecule has 0 aromatic heterocycles. The molecule has 1 rings (SSSR count). The van der Waals surface area contributed by atoms with Crippen LogP contribution in [0.15, 0.2) is 0 Å². The number of carbonyl (C=O) groups excluding carboxylic acids is 2. The Kier molecular flexibility index (Phi) is 5.71. The lowest BCUT2D eigenvalue weighted by Gasteiger charge is -2.15. The van der Waals surface area contributed by atoms with Crippen LogP contribution in [-0.2, 0) is 9.53 Å². The molecule has 0 saturated heterocycles. The van der Waals surface area contributed by atoms with Gasteiger partial charge in [-0.1, -0.05) is 0 Å². The van der Waals surface area contributed by atoms with Crippen LogP contribution in [0.3, 0.4) is 0 Å². The molecule has 0 aliphatic heterocycles. The second-order valence-electron chi connectivity index (χ2n) is 4.41. The molecule has 5 nitrogen and oxygen atoms in total. The van der Waals surface area contributed by atoms with E-state index < -0.39 is 6.03 Å². The fourth-order valence-corrected chi connectivity index (χ4v) is 1.77. The Morgan fingerprint density at radius 2 is 2.12 bits per heavy atom. The first-order valence-electron chi connectivity index (χ1n) is 5.74. The van der Waals surface area contributed by atoms with E-state index in [9.17, 15) is 9.59 Å². The lowest BCUT2D eigenvalue weighted by atomic mass is 10.0. The van der Waals surface area contributed by atoms with Gasteiger partial charge in [0.05, 0.1) is 0 Å². The molecule has 0 atom stereocenters. The predicted molar refractivity (Wildman–Crippen MR) is 65.0 cm³/mol. The van der Waals surface area contributed by atoms with Gasteiger partial charge >= 0.3 is 6.03 Å². The van der Waals surface area contributed by atoms with Crippen molar-refractivity contribution in [2.75, 3.05) is 26.1 Å². The molecule has 98 valence electrons. The Balaban J connectivity index is 2.17. The molecule has 0 spiro atoms. The minimum Gasteiger partial charge on any atom is -0.385 e. The third kappa shape index (κ3) is 5.37. The molecule has 0 aromatic carbocycles. The van der Waals surface area contributed by atoms with Gasteiger partial charge in [0.15, 0.2) is 0 Å². The molecule has 6 heteroatoms. The first kappa shape index (κ1) is 14.3. The van der Waals surface area contributed by atoms with Gasteiger partial charge in [0.2, 0.25) is 5.91 Å². The van der Waals surface area contributed by atoms with E-state index in [1.807, 2.05) is 0 Å². The standard InChI is InChI=1S/C11H19ClN2O3/c1-17-7-5-11(3-4-11)8-13-10(16)14-9(15)2-6-12/h2-8H2,1H3,(H2,13,14,15,16). The Morgan fingerprint density at radius 1 is 1.41 bits per heavy atom. The van der Waals surface area contributed by atoms with Crippen LogP contribution in [0.25, 0.3) is 0 Å². The lowest BCUT2D eigenvalue weighted by molar-refractivity contribution is -0.119. The van der Waals surface area contributed by atoms with Crippen molar-refractivity contribution in [2.45, 2.75) is 25.7 Å². The van der Waals surface area contributed by atoms with Crippen LogP contribution in [0.2, 0.25) is 0 Å². The van der Waals surface area contributed by atoms with E-state index in [1.165, 1.54) is 0 Å². The average molecular weight is 263 g/mol. The summed E-state index contributed by atoms with van der Waals surface area (Å²) in [6.45, 7) is 1.30. The molecule has 1 aliphatic carbocycles. The van der Waals surface area contributed by atoms with Crippen molar-refractivity contribution in [3.8, 4) is 0 Å². The second-order valence-corrected chi connectivity index (χ2v) is 4.79. The summed E-state index contributed by atoms with van der Waals surface area (Å²) in [6.07, 6.45) is 3.31. The maximum Gasteiger partial charge on any atom is 0.321 e. The third-order valence-corrected chi connectivity index (χ3v) is 3.18. The number of nitrogens with one attached hydrogen (secondary N) is 2. The average Bonchev–Trinajstić information content (AvgIpc) is 3.05. The molecule has 0 unspecified atom stereocenters. The number of hydrogen-bond donors (Lipinski definition) is 2. The maximum absolute atomic E-state index is 11.4. The van der Waals surface area contributed by atoms with Crippen molar-refractivity contribution in [3.05, 3.63) is 0 Å². The normalized spacial score (nSPS) is 16.4. The second kappa shape index (κ2) is 6.81. The molecular formula is C11H19ClN2O3. The number of rotatable bonds is 7. The van der Waals surface area contributed by atoms with Crippen LogP contribution in [0.1, 0.15) is 25.7 Å². The molecule has 17 heavy (non-hydrogen) atoms. The van der Waals surface area contributed by atoms with Crippen molar-refractivity contribution in [1.29, 1.82) is 0 Å². The Hall–Kier alpha value is -0.810. The Morgan fingerprint density at radius 3 is 2.65 bits per heavy atom. The lowest BCUT2D eigenvalue weighted by Crippen LogP contribution is -2.42. The summed E-state index contributed by atoms with van der Waals surface area (Å²) in [6, 6.07) is -0.441. The molecular weight excluding hydrogens is 244 g/mol. The first-order chi connectivity index (χ1) is 8.12. The Bertz CT molecular complexity index is 280. The number of imide groups is 1. The zero-order chi connectivity index (χ0) is 12.7. The van der Waals surface area contributed by atoms with Crippen LogP contribution in [-0.4, -0.2) is 38.1 Å². The van der Waals surface area contributed by atoms with Gasteiger partial charge in [-0.05, 0) is 24.7 Å². The fraction of sp³-hybridized carbons (Fsp3) is 0.818. The molecule has 3 amide bonds. The van der Waals surface area contributed by atoms with Gasteiger partial charge in [0, 0.05) is 32.6 Å². The van der Waals surface area contributed by atoms with E-state index in [0.717, 1.165) is 19.3 Å². The van der Waals surface area contributed by atoms with E-state index >= 15 is 0 Å². The fourth-order valence-electron chi connectivity index (χ4n) is 1.60. The third-order valence-electron chi connectivity index (χ3n) is 2.99. The molecule has 2 N–H and O–H groups in total. The van der Waals surface area contributed by atoms with Gasteiger partial charge < -0.3 is 10.1 Å². The Labute approximate surface area is 106 Å². The molecule has 1 fully saturated rings. The molecule has 0 aromatic rings. The van der Waals surface area contributed by atoms with E-state index in [0.29, 0.717) is 13.2 Å². The minimum absolute atomic E-state index is 0.157. The van der Waals surface area contributed by atoms with Gasteiger partial charge in [0.1, 0.15) is 0 Å². The highest BCUT2D eigenvalue weighted by Crippen LogP contribution is 2.48. The molecule has 1 saturated carbocycles. The first-order valence-corrected chi connectivity index (χ1v) is 6.28. The van der Waals surface area contributed by atoms with Crippen LogP contribution in [0.4, 0.5) is 4.79 Å². The number of hydrogen-bond acceptors (Lipinski definition) is 3. The van der Waals surface area contributed by atoms with Gasteiger partial charge in [-0.2, -0.15) is 0 Å². The van der Waals surface area contributed by atoms with Crippen molar-refractivity contribution >= 4 is 23.5 Å². The number of carbonyl (C=O) groups is 2.